The average molecular weight is 270 g/mol. The predicted molar refractivity (Wildman–Crippen MR) is 64.1 cm³/mol. The quantitative estimate of drug-likeness (QED) is 0.778. The molecule has 0 saturated heterocycles. The maximum absolute atomic E-state index is 13.4. The third kappa shape index (κ3) is 2.46. The average Bonchev–Trinajstić information content (AvgIpc) is 2.32. The van der Waals surface area contributed by atoms with Crippen LogP contribution in [0.3, 0.4) is 0 Å². The smallest absolute Gasteiger partial charge is 0.214 e. The lowest BCUT2D eigenvalue weighted by Gasteiger charge is -2.03. The second-order valence-corrected chi connectivity index (χ2v) is 4.11. The Kier molecular flexibility index (Phi) is 3.41. The molecule has 0 saturated carbocycles. The van der Waals surface area contributed by atoms with Crippen molar-refractivity contribution in [2.45, 2.75) is 0 Å². The molecular formula is C12H6Cl2FNO. The fourth-order valence-electron chi connectivity index (χ4n) is 1.33. The van der Waals surface area contributed by atoms with Gasteiger partial charge in [0.25, 0.3) is 0 Å². The molecule has 17 heavy (non-hydrogen) atoms. The van der Waals surface area contributed by atoms with Gasteiger partial charge in [0.1, 0.15) is 5.69 Å². The van der Waals surface area contributed by atoms with Gasteiger partial charge in [-0.2, -0.15) is 0 Å². The number of pyridine rings is 1. The van der Waals surface area contributed by atoms with Crippen molar-refractivity contribution in [1.29, 1.82) is 0 Å². The molecule has 2 rings (SSSR count). The Bertz CT molecular complexity index is 586. The molecule has 2 nitrogen and oxygen atoms in total. The molecule has 0 amide bonds. The number of carbonyl (C=O) groups excluding carboxylic acids is 1. The summed E-state index contributed by atoms with van der Waals surface area (Å²) in [6, 6.07) is 6.95. The summed E-state index contributed by atoms with van der Waals surface area (Å²) >= 11 is 11.5. The van der Waals surface area contributed by atoms with Gasteiger partial charge in [-0.25, -0.2) is 9.37 Å². The largest absolute Gasteiger partial charge is 0.287 e. The van der Waals surface area contributed by atoms with Crippen LogP contribution in [0.15, 0.2) is 36.5 Å². The van der Waals surface area contributed by atoms with Crippen LogP contribution in [0.25, 0.3) is 0 Å². The van der Waals surface area contributed by atoms with E-state index in [4.69, 9.17) is 23.2 Å². The molecule has 5 heteroatoms. The molecule has 0 fully saturated rings. The molecule has 0 radical (unpaired) electrons. The van der Waals surface area contributed by atoms with Gasteiger partial charge in [0.2, 0.25) is 5.78 Å². The fraction of sp³-hybridized carbons (Fsp3) is 0. The van der Waals surface area contributed by atoms with Gasteiger partial charge in [-0.3, -0.25) is 4.79 Å². The zero-order valence-corrected chi connectivity index (χ0v) is 9.97. The summed E-state index contributed by atoms with van der Waals surface area (Å²) in [6.45, 7) is 0. The van der Waals surface area contributed by atoms with E-state index in [-0.39, 0.29) is 16.3 Å². The normalized spacial score (nSPS) is 10.3. The van der Waals surface area contributed by atoms with Crippen LogP contribution in [0.2, 0.25) is 10.0 Å². The summed E-state index contributed by atoms with van der Waals surface area (Å²) < 4.78 is 13.4. The molecule has 86 valence electrons. The lowest BCUT2D eigenvalue weighted by atomic mass is 10.1. The number of benzene rings is 1. The van der Waals surface area contributed by atoms with Crippen LogP contribution < -0.4 is 0 Å². The van der Waals surface area contributed by atoms with Gasteiger partial charge < -0.3 is 0 Å². The highest BCUT2D eigenvalue weighted by atomic mass is 35.5. The number of aromatic nitrogens is 1. The fourth-order valence-corrected chi connectivity index (χ4v) is 1.62. The molecule has 0 atom stereocenters. The van der Waals surface area contributed by atoms with Crippen LogP contribution in [0.5, 0.6) is 0 Å². The number of nitrogens with zero attached hydrogens (tertiary/aromatic N) is 1. The summed E-state index contributed by atoms with van der Waals surface area (Å²) in [6.07, 6.45) is 1.35. The van der Waals surface area contributed by atoms with Crippen LogP contribution in [-0.4, -0.2) is 10.8 Å². The molecule has 0 bridgehead atoms. The topological polar surface area (TPSA) is 30.0 Å². The predicted octanol–water partition coefficient (Wildman–Crippen LogP) is 3.76. The van der Waals surface area contributed by atoms with Crippen molar-refractivity contribution in [2.75, 3.05) is 0 Å². The van der Waals surface area contributed by atoms with E-state index in [1.54, 1.807) is 0 Å². The van der Waals surface area contributed by atoms with Crippen LogP contribution >= 0.6 is 23.2 Å². The van der Waals surface area contributed by atoms with E-state index in [9.17, 15) is 9.18 Å². The standard InChI is InChI=1S/C12H6Cl2FNO/c13-8-4-3-7(6-9(8)14)12(17)11-10(15)2-1-5-16-11/h1-6H. The number of rotatable bonds is 2. The summed E-state index contributed by atoms with van der Waals surface area (Å²) in [5, 5.41) is 0.582. The van der Waals surface area contributed by atoms with Gasteiger partial charge >= 0.3 is 0 Å². The third-order valence-electron chi connectivity index (χ3n) is 2.16. The molecule has 2 aromatic rings. The molecule has 0 spiro atoms. The van der Waals surface area contributed by atoms with Gasteiger partial charge in [-0.05, 0) is 30.3 Å². The highest BCUT2D eigenvalue weighted by Gasteiger charge is 2.15. The Morgan fingerprint density at radius 2 is 1.94 bits per heavy atom. The van der Waals surface area contributed by atoms with E-state index in [0.29, 0.717) is 5.02 Å². The van der Waals surface area contributed by atoms with Crippen molar-refractivity contribution < 1.29 is 9.18 Å². The number of halogens is 3. The SMILES string of the molecule is O=C(c1ccc(Cl)c(Cl)c1)c1ncccc1F. The Morgan fingerprint density at radius 3 is 2.59 bits per heavy atom. The zero-order chi connectivity index (χ0) is 12.4. The lowest BCUT2D eigenvalue weighted by Crippen LogP contribution is -2.06. The first-order valence-corrected chi connectivity index (χ1v) is 5.45. The molecule has 1 aromatic heterocycles. The van der Waals surface area contributed by atoms with Crippen LogP contribution in [0, 0.1) is 5.82 Å². The van der Waals surface area contributed by atoms with Crippen molar-refractivity contribution in [3.8, 4) is 0 Å². The summed E-state index contributed by atoms with van der Waals surface area (Å²) in [5.41, 5.74) is 0.0166. The zero-order valence-electron chi connectivity index (χ0n) is 8.45. The maximum atomic E-state index is 13.4. The number of hydrogen-bond donors (Lipinski definition) is 0. The van der Waals surface area contributed by atoms with Crippen LogP contribution in [0.4, 0.5) is 4.39 Å². The highest BCUT2D eigenvalue weighted by Crippen LogP contribution is 2.23. The van der Waals surface area contributed by atoms with Crippen LogP contribution in [0.1, 0.15) is 16.1 Å². The lowest BCUT2D eigenvalue weighted by molar-refractivity contribution is 0.103. The van der Waals surface area contributed by atoms with E-state index in [1.807, 2.05) is 0 Å². The molecule has 0 aliphatic carbocycles. The minimum atomic E-state index is -0.663. The Hall–Kier alpha value is -1.45. The van der Waals surface area contributed by atoms with Crippen molar-refractivity contribution in [1.82, 2.24) is 4.98 Å². The minimum Gasteiger partial charge on any atom is -0.287 e. The first kappa shape index (κ1) is 12.0. The number of hydrogen-bond acceptors (Lipinski definition) is 2. The van der Waals surface area contributed by atoms with E-state index in [2.05, 4.69) is 4.98 Å². The van der Waals surface area contributed by atoms with E-state index < -0.39 is 11.6 Å². The van der Waals surface area contributed by atoms with Gasteiger partial charge in [0, 0.05) is 11.8 Å². The Labute approximate surface area is 107 Å². The van der Waals surface area contributed by atoms with Crippen molar-refractivity contribution in [2.24, 2.45) is 0 Å². The van der Waals surface area contributed by atoms with E-state index in [0.717, 1.165) is 0 Å². The van der Waals surface area contributed by atoms with Crippen LogP contribution in [-0.2, 0) is 0 Å². The highest BCUT2D eigenvalue weighted by molar-refractivity contribution is 6.42. The molecule has 0 unspecified atom stereocenters. The van der Waals surface area contributed by atoms with Gasteiger partial charge in [0.15, 0.2) is 5.82 Å². The van der Waals surface area contributed by atoms with E-state index >= 15 is 0 Å². The molecular weight excluding hydrogens is 264 g/mol. The Balaban J connectivity index is 2.44. The van der Waals surface area contributed by atoms with Gasteiger partial charge in [0.05, 0.1) is 10.0 Å². The molecule has 0 aliphatic heterocycles. The maximum Gasteiger partial charge on any atom is 0.214 e. The third-order valence-corrected chi connectivity index (χ3v) is 2.89. The van der Waals surface area contributed by atoms with Gasteiger partial charge in [-0.15, -0.1) is 0 Å². The van der Waals surface area contributed by atoms with Gasteiger partial charge in [-0.1, -0.05) is 23.2 Å². The summed E-state index contributed by atoms with van der Waals surface area (Å²) in [7, 11) is 0. The second kappa shape index (κ2) is 4.82. The van der Waals surface area contributed by atoms with Crippen molar-refractivity contribution in [3.63, 3.8) is 0 Å². The number of ketones is 1. The minimum absolute atomic E-state index is 0.231. The molecule has 0 aliphatic rings. The molecule has 1 aromatic carbocycles. The first-order valence-electron chi connectivity index (χ1n) is 4.70. The number of carbonyl (C=O) groups is 1. The van der Waals surface area contributed by atoms with Crippen molar-refractivity contribution >= 4 is 29.0 Å². The molecule has 0 N–H and O–H groups in total. The van der Waals surface area contributed by atoms with E-state index in [1.165, 1.54) is 36.5 Å². The monoisotopic (exact) mass is 269 g/mol. The Morgan fingerprint density at radius 1 is 1.18 bits per heavy atom. The summed E-state index contributed by atoms with van der Waals surface area (Å²) in [4.78, 5) is 15.6. The molecule has 1 heterocycles. The summed E-state index contributed by atoms with van der Waals surface area (Å²) in [5.74, 6) is -1.19. The first-order chi connectivity index (χ1) is 8.09. The second-order valence-electron chi connectivity index (χ2n) is 3.29. The van der Waals surface area contributed by atoms with Crippen molar-refractivity contribution in [3.05, 3.63) is 63.6 Å².